The lowest BCUT2D eigenvalue weighted by Crippen LogP contribution is -2.61. The third kappa shape index (κ3) is 22.8. The van der Waals surface area contributed by atoms with Gasteiger partial charge in [0.2, 0.25) is 59.3 Å². The summed E-state index contributed by atoms with van der Waals surface area (Å²) in [7, 11) is 1.27. The Kier molecular flexibility index (Phi) is 29.2. The number of carbonyl (C=O) groups excluding carboxylic acids is 11. The van der Waals surface area contributed by atoms with Crippen LogP contribution in [-0.4, -0.2) is 241 Å². The highest BCUT2D eigenvalue weighted by Gasteiger charge is 2.52. The van der Waals surface area contributed by atoms with E-state index in [4.69, 9.17) is 49.5 Å². The molecule has 18 N–H and O–H groups in total. The third-order valence-corrected chi connectivity index (χ3v) is 25.1. The smallest absolute Gasteiger partial charge is 0.410 e. The summed E-state index contributed by atoms with van der Waals surface area (Å²) in [6.07, 6.45) is -13.5. The molecule has 6 fully saturated rings. The van der Waals surface area contributed by atoms with E-state index in [1.165, 1.54) is 56.4 Å². The number of urea groups is 1. The number of hydrogen-bond donors (Lipinski definition) is 18. The first-order valence-corrected chi connectivity index (χ1v) is 44.6. The Morgan fingerprint density at radius 1 is 0.632 bits per heavy atom. The Balaban J connectivity index is 0.927. The van der Waals surface area contributed by atoms with Crippen LogP contribution >= 0.6 is 11.6 Å². The Morgan fingerprint density at radius 2 is 1.26 bits per heavy atom. The van der Waals surface area contributed by atoms with Crippen LogP contribution in [0.1, 0.15) is 164 Å². The summed E-state index contributed by atoms with van der Waals surface area (Å²) < 4.78 is 48.8. The summed E-state index contributed by atoms with van der Waals surface area (Å²) in [5, 5.41) is 122. The highest BCUT2D eigenvalue weighted by atomic mass is 35.5. The summed E-state index contributed by atoms with van der Waals surface area (Å²) in [4.78, 5) is 171. The van der Waals surface area contributed by atoms with Gasteiger partial charge in [0.25, 0.3) is 0 Å². The van der Waals surface area contributed by atoms with E-state index in [-0.39, 0.29) is 80.3 Å². The number of phenolic OH excluding ortho intramolecular Hbond substituents is 3. The molecule has 39 nitrogen and oxygen atoms in total. The lowest BCUT2D eigenvalue weighted by molar-refractivity contribution is -0.270. The minimum atomic E-state index is -2.44. The zero-order valence-electron chi connectivity index (χ0n) is 74.9. The molecular weight excluding hydrogens is 1750 g/mol. The van der Waals surface area contributed by atoms with Crippen LogP contribution < -0.4 is 72.1 Å². The number of anilines is 1. The van der Waals surface area contributed by atoms with Gasteiger partial charge in [-0.1, -0.05) is 43.6 Å². The van der Waals surface area contributed by atoms with Crippen molar-refractivity contribution < 1.29 is 131 Å². The number of aliphatic hydroxyl groups is 5. The number of phenols is 3. The number of ether oxygens (including phenoxy) is 8. The summed E-state index contributed by atoms with van der Waals surface area (Å²) in [6, 6.07) is 4.21. The minimum Gasteiger partial charge on any atom is -0.508 e. The van der Waals surface area contributed by atoms with Gasteiger partial charge in [0.15, 0.2) is 11.5 Å². The van der Waals surface area contributed by atoms with Gasteiger partial charge in [0, 0.05) is 62.1 Å². The monoisotopic (exact) mass is 1860 g/mol. The molecule has 15 bridgehead atoms. The normalized spacial score (nSPS) is 26.6. The number of benzene rings is 6. The summed E-state index contributed by atoms with van der Waals surface area (Å²) in [5.74, 6) is -13.8. The van der Waals surface area contributed by atoms with Crippen molar-refractivity contribution in [3.05, 3.63) is 142 Å². The molecule has 17 rings (SSSR count). The number of alkyl carbamates (subject to hydrolysis) is 1. The first-order valence-electron chi connectivity index (χ1n) is 44.2. The number of fused-ring (bicyclic) bond motifs is 15. The van der Waals surface area contributed by atoms with Crippen molar-refractivity contribution in [3.8, 4) is 62.9 Å². The quantitative estimate of drug-likeness (QED) is 0.0460. The Labute approximate surface area is 770 Å². The van der Waals surface area contributed by atoms with Crippen molar-refractivity contribution in [1.82, 2.24) is 57.7 Å². The van der Waals surface area contributed by atoms with Crippen molar-refractivity contribution in [2.24, 2.45) is 29.6 Å². The third-order valence-electron chi connectivity index (χ3n) is 24.8. The maximum atomic E-state index is 16.7. The van der Waals surface area contributed by atoms with E-state index in [9.17, 15) is 60.0 Å². The maximum Gasteiger partial charge on any atom is 0.410 e. The number of hydrogen-bond acceptors (Lipinski definition) is 28. The second-order valence-electron chi connectivity index (χ2n) is 37.5. The van der Waals surface area contributed by atoms with Gasteiger partial charge in [0.05, 0.1) is 24.7 Å². The van der Waals surface area contributed by atoms with E-state index in [0.29, 0.717) is 44.0 Å². The predicted molar refractivity (Wildman–Crippen MR) is 473 cm³/mol. The molecule has 11 aliphatic rings. The molecule has 14 atom stereocenters. The average Bonchev–Trinajstić information content (AvgIpc) is 0.754. The first-order chi connectivity index (χ1) is 63.0. The van der Waals surface area contributed by atoms with Gasteiger partial charge in [0.1, 0.15) is 131 Å². The molecule has 0 spiro atoms. The molecule has 7 heterocycles. The van der Waals surface area contributed by atoms with Crippen LogP contribution in [0.2, 0.25) is 5.02 Å². The highest BCUT2D eigenvalue weighted by Crippen LogP contribution is 2.55. The zero-order valence-corrected chi connectivity index (χ0v) is 75.6. The summed E-state index contributed by atoms with van der Waals surface area (Å²) in [5.41, 5.74) is -4.19. The van der Waals surface area contributed by atoms with Gasteiger partial charge >= 0.3 is 18.2 Å². The van der Waals surface area contributed by atoms with Gasteiger partial charge in [-0.15, -0.1) is 0 Å². The van der Waals surface area contributed by atoms with Crippen LogP contribution in [0.15, 0.2) is 103 Å². The van der Waals surface area contributed by atoms with Crippen molar-refractivity contribution in [1.29, 1.82) is 0 Å². The summed E-state index contributed by atoms with van der Waals surface area (Å²) in [6.45, 7) is 17.4. The van der Waals surface area contributed by atoms with E-state index >= 15 is 33.6 Å². The number of aliphatic hydroxyl groups excluding tert-OH is 5. The fraction of sp³-hybridized carbons (Fsp3) is 0.495. The second-order valence-corrected chi connectivity index (χ2v) is 37.9. The molecule has 4 saturated carbocycles. The number of aryl methyl sites for hydroxylation is 1. The van der Waals surface area contributed by atoms with Crippen molar-refractivity contribution in [2.75, 3.05) is 58.4 Å². The number of aromatic hydroxyl groups is 3. The average molecular weight is 1870 g/mol. The number of likely N-dealkylation sites (N-methyl/N-ethyl adjacent to an activating group) is 1. The van der Waals surface area contributed by atoms with Crippen molar-refractivity contribution >= 4 is 82.8 Å². The van der Waals surface area contributed by atoms with Gasteiger partial charge in [-0.05, 0) is 229 Å². The number of rotatable bonds is 18. The van der Waals surface area contributed by atoms with Crippen molar-refractivity contribution in [3.63, 3.8) is 0 Å². The van der Waals surface area contributed by atoms with E-state index in [1.807, 2.05) is 0 Å². The predicted octanol–water partition coefficient (Wildman–Crippen LogP) is 6.13. The molecule has 714 valence electrons. The highest BCUT2D eigenvalue weighted by molar-refractivity contribution is 6.32. The van der Waals surface area contributed by atoms with E-state index < -0.39 is 226 Å². The van der Waals surface area contributed by atoms with Crippen molar-refractivity contribution in [2.45, 2.75) is 210 Å². The fourth-order valence-electron chi connectivity index (χ4n) is 18.4. The van der Waals surface area contributed by atoms with Crippen LogP contribution in [0.5, 0.6) is 51.7 Å². The number of nitrogens with one attached hydrogen (secondary N) is 10. The SMILES string of the molecule is Cc1cc2ccc1Oc1cc3cc(c1O[C@@H]1O[C@H](CNC(=O)OC(C)(C)C)[C@@H](O)[C@H](O)[C@H]1O)Oc1ccc(cc1Cl)[C@@H](O)[C@@H]1NC(=O)[C@H](NC(=O)[C@@H]3NC(=O)[C@H](CC(=O)NC(=O)Nc3ccc(OCCN4CCOCC4)cc3)NC(=O)[C@H](NC(=O)[C@@H](CC(C)C)N(C)C(=O)OC(C)(C)C)[C@@H]2O)c2ccc(O)c(c2)-c2c(O)cc(O)cc2[C@@H](C(=O)NC2C3CC4CC(C3)CC2C4)NC1=O. The standard InChI is InChI=1S/C93H113ClN12O27/c1-42(2)27-59(105(10)91(125)133-93(7,8)9)82(117)103-73-75(111)47-12-19-62(43(3)28-47)128-64-36-51-37-65(80(64)131-88-79(115)78(114)77(113)66(130-88)41-95-90(124)132-92(4,5)6)129-63-20-13-48(35-57(63)94)76(112)74-87(122)102-72(85(120)99-69-49-30-44-29-45(32-49)33-50(69)31-44)56-38-53(107)39-61(109)68(56)55-34-46(11-18-60(55)108)70(83(118)104-74)101-84(119)71(51)100-81(116)58(97-86(73)121)40-67(110)98-89(123)96-52-14-16-54(17-15-52)127-26-23-106-21-24-126-25-22-106/h11-20,28,34-39,42,44-45,49-50,58-59,66,69-79,88,107-109,111-115H,21-27,29-33,40-41H2,1-10H3,(H,95,124)(H,97,121)(H,99,120)(H,100,116)(H,101,119)(H,102,122)(H,103,117)(H,104,118)(H2,96,98,110,123)/t44?,45?,49?,50?,58-,59+,66+,69?,70+,71+,72-,73+,74-,75+,76+,77+,78-,79+,88-/m0/s1. The number of nitrogens with zero attached hydrogens (tertiary/aromatic N) is 2. The van der Waals surface area contributed by atoms with E-state index in [1.54, 1.807) is 67.5 Å². The molecule has 12 amide bonds. The molecule has 40 heteroatoms. The zero-order chi connectivity index (χ0) is 95.7. The number of morpholine rings is 1. The Morgan fingerprint density at radius 3 is 1.90 bits per heavy atom. The van der Waals surface area contributed by atoms with Gasteiger partial charge in [-0.2, -0.15) is 0 Å². The second kappa shape index (κ2) is 40.2. The largest absolute Gasteiger partial charge is 0.508 e. The maximum absolute atomic E-state index is 16.7. The van der Waals surface area contributed by atoms with Gasteiger partial charge in [-0.25, -0.2) is 14.4 Å². The molecule has 7 aliphatic heterocycles. The van der Waals surface area contributed by atoms with Crippen LogP contribution in [0, 0.1) is 36.5 Å². The molecule has 4 aliphatic carbocycles. The van der Waals surface area contributed by atoms with E-state index in [2.05, 4.69) is 58.1 Å². The van der Waals surface area contributed by atoms with Crippen LogP contribution in [0.3, 0.4) is 0 Å². The molecule has 133 heavy (non-hydrogen) atoms. The molecular formula is C93H113ClN12O27. The van der Waals surface area contributed by atoms with Crippen LogP contribution in [0.4, 0.5) is 20.1 Å². The molecule has 0 aromatic heterocycles. The Bertz CT molecular complexity index is 5400. The first kappa shape index (κ1) is 96.7. The fourth-order valence-corrected chi connectivity index (χ4v) is 18.7. The lowest BCUT2D eigenvalue weighted by Gasteiger charge is -2.54. The van der Waals surface area contributed by atoms with E-state index in [0.717, 1.165) is 98.6 Å². The number of amides is 12. The molecule has 0 unspecified atom stereocenters. The molecule has 0 radical (unpaired) electrons. The number of halogens is 1. The van der Waals surface area contributed by atoms with Crippen LogP contribution in [0.25, 0.3) is 11.1 Å². The topological polar surface area (TPSA) is 550 Å². The molecule has 2 saturated heterocycles. The van der Waals surface area contributed by atoms with Crippen LogP contribution in [-0.2, 0) is 57.3 Å². The molecule has 6 aromatic rings. The Hall–Kier alpha value is -12.3. The van der Waals surface area contributed by atoms with Gasteiger partial charge in [-0.3, -0.25) is 53.5 Å². The minimum absolute atomic E-state index is 0.0452. The number of carbonyl (C=O) groups is 11. The molecule has 6 aromatic carbocycles. The number of imide groups is 1. The van der Waals surface area contributed by atoms with Gasteiger partial charge < -0.3 is 127 Å². The summed E-state index contributed by atoms with van der Waals surface area (Å²) >= 11 is 7.27. The lowest BCUT2D eigenvalue weighted by atomic mass is 9.54.